The molecule has 3 aliphatic rings. The summed E-state index contributed by atoms with van der Waals surface area (Å²) in [6.07, 6.45) is 4.81. The van der Waals surface area contributed by atoms with Crippen LogP contribution in [0.2, 0.25) is 0 Å². The lowest BCUT2D eigenvalue weighted by Gasteiger charge is -2.44. The summed E-state index contributed by atoms with van der Waals surface area (Å²) in [6.45, 7) is 6.05. The van der Waals surface area contributed by atoms with E-state index in [1.54, 1.807) is 0 Å². The summed E-state index contributed by atoms with van der Waals surface area (Å²) in [6, 6.07) is 0. The fourth-order valence-corrected chi connectivity index (χ4v) is 3.89. The van der Waals surface area contributed by atoms with E-state index in [0.717, 1.165) is 11.7 Å². The van der Waals surface area contributed by atoms with Crippen molar-refractivity contribution in [3.8, 4) is 0 Å². The zero-order valence-corrected chi connectivity index (χ0v) is 10.6. The molecule has 1 aromatic rings. The Morgan fingerprint density at radius 1 is 1.50 bits per heavy atom. The summed E-state index contributed by atoms with van der Waals surface area (Å²) >= 11 is 1.92. The van der Waals surface area contributed by atoms with E-state index in [1.165, 1.54) is 43.1 Å². The minimum absolute atomic E-state index is 0.683. The van der Waals surface area contributed by atoms with E-state index in [-0.39, 0.29) is 0 Å². The maximum absolute atomic E-state index is 4.50. The SMILES string of the molecule is CCSc1c[nH]nc1C1CN2CCC1CC2. The van der Waals surface area contributed by atoms with Crippen LogP contribution in [0.5, 0.6) is 0 Å². The predicted octanol–water partition coefficient (Wildman–Crippen LogP) is 2.33. The number of piperidine rings is 3. The molecule has 0 saturated carbocycles. The van der Waals surface area contributed by atoms with Gasteiger partial charge in [0.15, 0.2) is 0 Å². The molecule has 0 spiro atoms. The molecule has 2 bridgehead atoms. The van der Waals surface area contributed by atoms with Gasteiger partial charge in [0.2, 0.25) is 0 Å². The Morgan fingerprint density at radius 3 is 2.94 bits per heavy atom. The fourth-order valence-electron chi connectivity index (χ4n) is 3.10. The number of aromatic nitrogens is 2. The zero-order chi connectivity index (χ0) is 11.0. The summed E-state index contributed by atoms with van der Waals surface area (Å²) in [5, 5.41) is 7.56. The molecule has 88 valence electrons. The first-order valence-corrected chi connectivity index (χ1v) is 7.26. The van der Waals surface area contributed by atoms with Gasteiger partial charge in [-0.3, -0.25) is 5.10 Å². The highest BCUT2D eigenvalue weighted by molar-refractivity contribution is 7.99. The highest BCUT2D eigenvalue weighted by Crippen LogP contribution is 2.41. The molecule has 1 unspecified atom stereocenters. The molecule has 4 rings (SSSR count). The number of H-pyrrole nitrogens is 1. The molecular weight excluding hydrogens is 218 g/mol. The second kappa shape index (κ2) is 4.41. The van der Waals surface area contributed by atoms with Crippen LogP contribution >= 0.6 is 11.8 Å². The van der Waals surface area contributed by atoms with Gasteiger partial charge in [-0.15, -0.1) is 11.8 Å². The van der Waals surface area contributed by atoms with E-state index >= 15 is 0 Å². The van der Waals surface area contributed by atoms with Crippen molar-refractivity contribution in [2.45, 2.75) is 30.6 Å². The molecule has 4 heterocycles. The van der Waals surface area contributed by atoms with Crippen molar-refractivity contribution in [2.75, 3.05) is 25.4 Å². The van der Waals surface area contributed by atoms with Crippen LogP contribution in [0.4, 0.5) is 0 Å². The third kappa shape index (κ3) is 1.78. The smallest absolute Gasteiger partial charge is 0.0804 e. The van der Waals surface area contributed by atoms with Crippen LogP contribution in [-0.4, -0.2) is 40.5 Å². The van der Waals surface area contributed by atoms with E-state index in [1.807, 2.05) is 11.8 Å². The van der Waals surface area contributed by atoms with Crippen LogP contribution in [-0.2, 0) is 0 Å². The van der Waals surface area contributed by atoms with Gasteiger partial charge in [0.05, 0.1) is 5.69 Å². The minimum atomic E-state index is 0.683. The highest BCUT2D eigenvalue weighted by Gasteiger charge is 2.37. The molecule has 0 aliphatic carbocycles. The molecule has 3 fully saturated rings. The van der Waals surface area contributed by atoms with Gasteiger partial charge in [-0.1, -0.05) is 6.92 Å². The number of nitrogens with one attached hydrogen (secondary N) is 1. The standard InChI is InChI=1S/C12H19N3S/c1-2-16-11-7-13-14-12(11)10-8-15-5-3-9(10)4-6-15/h7,9-10H,2-6,8H2,1H3,(H,13,14). The summed E-state index contributed by atoms with van der Waals surface area (Å²) in [4.78, 5) is 3.97. The molecule has 0 radical (unpaired) electrons. The highest BCUT2D eigenvalue weighted by atomic mass is 32.2. The van der Waals surface area contributed by atoms with Crippen LogP contribution in [0.15, 0.2) is 11.1 Å². The van der Waals surface area contributed by atoms with Gasteiger partial charge in [-0.2, -0.15) is 5.10 Å². The molecular formula is C12H19N3S. The first kappa shape index (κ1) is 10.7. The largest absolute Gasteiger partial charge is 0.303 e. The number of rotatable bonds is 3. The molecule has 3 aliphatic heterocycles. The first-order valence-electron chi connectivity index (χ1n) is 6.27. The average molecular weight is 237 g/mol. The van der Waals surface area contributed by atoms with E-state index in [0.29, 0.717) is 5.92 Å². The Labute approximate surface area is 101 Å². The van der Waals surface area contributed by atoms with E-state index in [4.69, 9.17) is 0 Å². The van der Waals surface area contributed by atoms with Gasteiger partial charge in [0.1, 0.15) is 0 Å². The first-order chi connectivity index (χ1) is 7.88. The minimum Gasteiger partial charge on any atom is -0.303 e. The van der Waals surface area contributed by atoms with Crippen molar-refractivity contribution >= 4 is 11.8 Å². The van der Waals surface area contributed by atoms with Crippen molar-refractivity contribution in [1.29, 1.82) is 0 Å². The third-order valence-electron chi connectivity index (χ3n) is 3.94. The number of fused-ring (bicyclic) bond motifs is 3. The predicted molar refractivity (Wildman–Crippen MR) is 66.9 cm³/mol. The van der Waals surface area contributed by atoms with Crippen LogP contribution in [0, 0.1) is 5.92 Å². The van der Waals surface area contributed by atoms with Crippen LogP contribution < -0.4 is 0 Å². The van der Waals surface area contributed by atoms with E-state index in [2.05, 4.69) is 28.2 Å². The topological polar surface area (TPSA) is 31.9 Å². The van der Waals surface area contributed by atoms with Crippen molar-refractivity contribution < 1.29 is 0 Å². The molecule has 1 atom stereocenters. The number of hydrogen-bond acceptors (Lipinski definition) is 3. The van der Waals surface area contributed by atoms with E-state index in [9.17, 15) is 0 Å². The van der Waals surface area contributed by atoms with Crippen molar-refractivity contribution in [1.82, 2.24) is 15.1 Å². The summed E-state index contributed by atoms with van der Waals surface area (Å²) in [5.74, 6) is 2.69. The number of nitrogens with zero attached hydrogens (tertiary/aromatic N) is 2. The molecule has 0 aromatic carbocycles. The summed E-state index contributed by atoms with van der Waals surface area (Å²) in [5.41, 5.74) is 1.33. The van der Waals surface area contributed by atoms with Crippen molar-refractivity contribution in [2.24, 2.45) is 5.92 Å². The van der Waals surface area contributed by atoms with Gasteiger partial charge in [-0.05, 0) is 37.6 Å². The van der Waals surface area contributed by atoms with Gasteiger partial charge < -0.3 is 4.90 Å². The van der Waals surface area contributed by atoms with Crippen LogP contribution in [0.3, 0.4) is 0 Å². The Morgan fingerprint density at radius 2 is 2.31 bits per heavy atom. The molecule has 0 amide bonds. The lowest BCUT2D eigenvalue weighted by atomic mass is 9.77. The number of thioether (sulfide) groups is 1. The Balaban J connectivity index is 1.83. The maximum Gasteiger partial charge on any atom is 0.0804 e. The summed E-state index contributed by atoms with van der Waals surface area (Å²) < 4.78 is 0. The Kier molecular flexibility index (Phi) is 2.94. The second-order valence-electron chi connectivity index (χ2n) is 4.81. The zero-order valence-electron chi connectivity index (χ0n) is 9.78. The molecule has 1 aromatic heterocycles. The molecule has 3 nitrogen and oxygen atoms in total. The lowest BCUT2D eigenvalue weighted by Crippen LogP contribution is -2.46. The van der Waals surface area contributed by atoms with E-state index < -0.39 is 0 Å². The quantitative estimate of drug-likeness (QED) is 0.819. The second-order valence-corrected chi connectivity index (χ2v) is 6.12. The van der Waals surface area contributed by atoms with Crippen molar-refractivity contribution in [3.63, 3.8) is 0 Å². The van der Waals surface area contributed by atoms with Gasteiger partial charge in [0.25, 0.3) is 0 Å². The Bertz CT molecular complexity index is 355. The molecule has 16 heavy (non-hydrogen) atoms. The molecule has 3 saturated heterocycles. The monoisotopic (exact) mass is 237 g/mol. The summed E-state index contributed by atoms with van der Waals surface area (Å²) in [7, 11) is 0. The molecule has 4 heteroatoms. The van der Waals surface area contributed by atoms with Gasteiger partial charge in [0, 0.05) is 23.6 Å². The molecule has 1 N–H and O–H groups in total. The van der Waals surface area contributed by atoms with Crippen LogP contribution in [0.1, 0.15) is 31.4 Å². The van der Waals surface area contributed by atoms with Gasteiger partial charge in [-0.25, -0.2) is 0 Å². The van der Waals surface area contributed by atoms with Crippen LogP contribution in [0.25, 0.3) is 0 Å². The lowest BCUT2D eigenvalue weighted by molar-refractivity contribution is 0.0844. The fraction of sp³-hybridized carbons (Fsp3) is 0.750. The third-order valence-corrected chi connectivity index (χ3v) is 4.87. The Hall–Kier alpha value is -0.480. The van der Waals surface area contributed by atoms with Crippen molar-refractivity contribution in [3.05, 3.63) is 11.9 Å². The normalized spacial score (nSPS) is 33.2. The van der Waals surface area contributed by atoms with Gasteiger partial charge >= 0.3 is 0 Å². The average Bonchev–Trinajstić information content (AvgIpc) is 2.79. The number of aromatic amines is 1. The maximum atomic E-state index is 4.50. The number of hydrogen-bond donors (Lipinski definition) is 1.